The molecule has 172 valence electrons. The molecule has 0 spiro atoms. The zero-order valence-corrected chi connectivity index (χ0v) is 18.5. The molecular formula is C24H26FN5O3. The van der Waals surface area contributed by atoms with Crippen molar-refractivity contribution in [2.75, 3.05) is 25.6 Å². The van der Waals surface area contributed by atoms with Crippen molar-refractivity contribution in [3.63, 3.8) is 0 Å². The number of methoxy groups -OCH3 is 1. The van der Waals surface area contributed by atoms with Crippen LogP contribution in [0.4, 0.5) is 10.1 Å². The standard InChI is InChI=1S/C24H26FN5O3/c1-14-17-10-11-19(28-14)33-12-5-4-7-15-13-27-23(31)20(21(15)26)24(2,29-17)30-18-9-6-8-16(25)22(18)32-3/h4-6,8-11,15,30H,1,7,12-13,26H2,2-3H3,(H,27,31)/b5-4+,29-17?/t15-,24?/m1/s1. The number of pyridine rings is 1. The average molecular weight is 452 g/mol. The Bertz CT molecular complexity index is 1260. The summed E-state index contributed by atoms with van der Waals surface area (Å²) in [5.74, 6) is -0.627. The molecule has 1 aromatic heterocycles. The summed E-state index contributed by atoms with van der Waals surface area (Å²) in [4.78, 5) is 22.3. The lowest BCUT2D eigenvalue weighted by Gasteiger charge is -2.36. The maximum absolute atomic E-state index is 14.4. The molecule has 4 heterocycles. The van der Waals surface area contributed by atoms with E-state index in [1.54, 1.807) is 31.2 Å². The zero-order valence-electron chi connectivity index (χ0n) is 18.5. The van der Waals surface area contributed by atoms with Crippen molar-refractivity contribution in [1.29, 1.82) is 0 Å². The van der Waals surface area contributed by atoms with Gasteiger partial charge in [-0.2, -0.15) is 0 Å². The normalized spacial score (nSPS) is 23.6. The first-order valence-electron chi connectivity index (χ1n) is 10.5. The van der Waals surface area contributed by atoms with Gasteiger partial charge in [0.05, 0.1) is 29.1 Å². The van der Waals surface area contributed by atoms with Crippen LogP contribution in [0, 0.1) is 11.7 Å². The molecule has 4 N–H and O–H groups in total. The van der Waals surface area contributed by atoms with Gasteiger partial charge in [0.2, 0.25) is 5.88 Å². The van der Waals surface area contributed by atoms with Crippen LogP contribution in [0.15, 0.2) is 58.7 Å². The number of nitrogens with two attached hydrogens (primary N) is 1. The van der Waals surface area contributed by atoms with Gasteiger partial charge in [-0.15, -0.1) is 0 Å². The number of amides is 1. The van der Waals surface area contributed by atoms with E-state index in [-0.39, 0.29) is 23.1 Å². The highest BCUT2D eigenvalue weighted by Gasteiger charge is 2.40. The van der Waals surface area contributed by atoms with Gasteiger partial charge in [-0.05, 0) is 31.5 Å². The second kappa shape index (κ2) is 8.93. The smallest absolute Gasteiger partial charge is 0.253 e. The number of rotatable bonds is 3. The predicted molar refractivity (Wildman–Crippen MR) is 122 cm³/mol. The number of carbonyl (C=O) groups excluding carboxylic acids is 1. The lowest BCUT2D eigenvalue weighted by molar-refractivity contribution is -0.118. The lowest BCUT2D eigenvalue weighted by Crippen LogP contribution is -2.51. The van der Waals surface area contributed by atoms with Gasteiger partial charge >= 0.3 is 0 Å². The molecule has 1 amide bonds. The van der Waals surface area contributed by atoms with Crippen molar-refractivity contribution in [3.05, 3.63) is 70.3 Å². The summed E-state index contributed by atoms with van der Waals surface area (Å²) in [6.45, 7) is 6.42. The molecule has 33 heavy (non-hydrogen) atoms. The Balaban J connectivity index is 1.97. The largest absolute Gasteiger partial charge is 0.492 e. The third-order valence-corrected chi connectivity index (χ3v) is 5.68. The first-order valence-corrected chi connectivity index (χ1v) is 10.5. The van der Waals surface area contributed by atoms with Crippen LogP contribution in [-0.4, -0.2) is 36.8 Å². The Morgan fingerprint density at radius 3 is 2.91 bits per heavy atom. The van der Waals surface area contributed by atoms with Crippen LogP contribution in [-0.2, 0) is 4.79 Å². The van der Waals surface area contributed by atoms with Gasteiger partial charge in [0.15, 0.2) is 17.2 Å². The Labute approximate surface area is 190 Å². The molecule has 5 rings (SSSR count). The summed E-state index contributed by atoms with van der Waals surface area (Å²) < 4.78 is 25.3. The number of allylic oxidation sites excluding steroid dienone is 1. The Morgan fingerprint density at radius 2 is 2.15 bits per heavy atom. The molecule has 0 aliphatic carbocycles. The SMILES string of the molecule is C=c1nc2ccc1=NC(C)(Nc1cccc(F)c1OC)C1=C(N)[C@H](C/C=C/CO2)CNC1=O. The van der Waals surface area contributed by atoms with E-state index >= 15 is 0 Å². The number of anilines is 1. The van der Waals surface area contributed by atoms with Crippen molar-refractivity contribution in [2.45, 2.75) is 19.0 Å². The van der Waals surface area contributed by atoms with E-state index in [2.05, 4.69) is 22.2 Å². The van der Waals surface area contributed by atoms with Gasteiger partial charge in [0, 0.05) is 24.2 Å². The van der Waals surface area contributed by atoms with E-state index in [1.165, 1.54) is 13.2 Å². The highest BCUT2D eigenvalue weighted by Crippen LogP contribution is 2.35. The van der Waals surface area contributed by atoms with Crippen molar-refractivity contribution in [3.8, 4) is 11.6 Å². The molecule has 0 fully saturated rings. The minimum atomic E-state index is -1.39. The molecule has 2 aromatic rings. The van der Waals surface area contributed by atoms with Crippen LogP contribution in [0.1, 0.15) is 13.3 Å². The highest BCUT2D eigenvalue weighted by atomic mass is 19.1. The molecule has 3 aliphatic heterocycles. The number of ether oxygens (including phenoxy) is 2. The molecule has 0 radical (unpaired) electrons. The quantitative estimate of drug-likeness (QED) is 0.609. The van der Waals surface area contributed by atoms with Crippen molar-refractivity contribution in [2.24, 2.45) is 16.6 Å². The number of nitrogens with one attached hydrogen (secondary N) is 2. The van der Waals surface area contributed by atoms with Crippen LogP contribution >= 0.6 is 0 Å². The molecule has 8 nitrogen and oxygen atoms in total. The summed E-state index contributed by atoms with van der Waals surface area (Å²) >= 11 is 0. The summed E-state index contributed by atoms with van der Waals surface area (Å²) in [6, 6.07) is 7.86. The number of fused-ring (bicyclic) bond motifs is 6. The lowest BCUT2D eigenvalue weighted by atomic mass is 9.87. The number of nitrogens with zero attached hydrogens (tertiary/aromatic N) is 2. The number of para-hydroxylation sites is 1. The van der Waals surface area contributed by atoms with Crippen LogP contribution in [0.5, 0.6) is 11.6 Å². The number of halogens is 1. The van der Waals surface area contributed by atoms with E-state index in [9.17, 15) is 9.18 Å². The number of hydrogen-bond acceptors (Lipinski definition) is 7. The van der Waals surface area contributed by atoms with Crippen LogP contribution in [0.3, 0.4) is 0 Å². The van der Waals surface area contributed by atoms with E-state index in [1.807, 2.05) is 12.2 Å². The molecule has 0 saturated carbocycles. The van der Waals surface area contributed by atoms with E-state index < -0.39 is 11.5 Å². The molecule has 9 heteroatoms. The average Bonchev–Trinajstić information content (AvgIpc) is 2.76. The maximum atomic E-state index is 14.4. The molecule has 3 aliphatic rings. The van der Waals surface area contributed by atoms with E-state index in [4.69, 9.17) is 20.2 Å². The van der Waals surface area contributed by atoms with Gasteiger partial charge < -0.3 is 25.8 Å². The number of aromatic nitrogens is 1. The van der Waals surface area contributed by atoms with Gasteiger partial charge in [-0.1, -0.05) is 24.8 Å². The number of carbonyl (C=O) groups is 1. The first kappa shape index (κ1) is 22.3. The van der Waals surface area contributed by atoms with E-state index in [0.717, 1.165) is 0 Å². The Morgan fingerprint density at radius 1 is 1.33 bits per heavy atom. The fourth-order valence-electron chi connectivity index (χ4n) is 4.04. The maximum Gasteiger partial charge on any atom is 0.253 e. The zero-order chi connectivity index (χ0) is 23.6. The summed E-state index contributed by atoms with van der Waals surface area (Å²) in [5.41, 5.74) is 6.14. The second-order valence-electron chi connectivity index (χ2n) is 8.00. The topological polar surface area (TPSA) is 111 Å². The fourth-order valence-corrected chi connectivity index (χ4v) is 4.04. The molecule has 4 bridgehead atoms. The monoisotopic (exact) mass is 451 g/mol. The molecule has 1 aromatic carbocycles. The van der Waals surface area contributed by atoms with E-state index in [0.29, 0.717) is 47.5 Å². The number of hydrogen-bond donors (Lipinski definition) is 3. The van der Waals surface area contributed by atoms with Crippen LogP contribution < -0.4 is 36.5 Å². The minimum Gasteiger partial charge on any atom is -0.492 e. The summed E-state index contributed by atoms with van der Waals surface area (Å²) in [7, 11) is 1.37. The van der Waals surface area contributed by atoms with Gasteiger partial charge in [-0.3, -0.25) is 9.79 Å². The van der Waals surface area contributed by atoms with Crippen molar-refractivity contribution < 1.29 is 18.7 Å². The minimum absolute atomic E-state index is 0.0000729. The second-order valence-corrected chi connectivity index (χ2v) is 8.00. The fraction of sp³-hybridized carbons (Fsp3) is 0.292. The summed E-state index contributed by atoms with van der Waals surface area (Å²) in [5, 5.41) is 6.88. The summed E-state index contributed by atoms with van der Waals surface area (Å²) in [6.07, 6.45) is 4.44. The molecule has 0 saturated heterocycles. The van der Waals surface area contributed by atoms with Gasteiger partial charge in [0.1, 0.15) is 6.61 Å². The molecular weight excluding hydrogens is 425 g/mol. The number of benzene rings is 1. The van der Waals surface area contributed by atoms with Crippen molar-refractivity contribution >= 4 is 18.2 Å². The first-order chi connectivity index (χ1) is 15.8. The Kier molecular flexibility index (Phi) is 6.04. The van der Waals surface area contributed by atoms with Gasteiger partial charge in [0.25, 0.3) is 5.91 Å². The third-order valence-electron chi connectivity index (χ3n) is 5.68. The Hall–Kier alpha value is -3.88. The van der Waals surface area contributed by atoms with Gasteiger partial charge in [-0.25, -0.2) is 9.37 Å². The highest BCUT2D eigenvalue weighted by molar-refractivity contribution is 5.98. The molecule has 1 unspecified atom stereocenters. The third kappa shape index (κ3) is 4.39. The predicted octanol–water partition coefficient (Wildman–Crippen LogP) is 1.38. The van der Waals surface area contributed by atoms with Crippen LogP contribution in [0.25, 0.3) is 6.58 Å². The van der Waals surface area contributed by atoms with Crippen molar-refractivity contribution in [1.82, 2.24) is 10.3 Å². The van der Waals surface area contributed by atoms with Crippen LogP contribution in [0.2, 0.25) is 0 Å². The molecule has 2 atom stereocenters.